The Morgan fingerprint density at radius 2 is 1.70 bits per heavy atom. The third-order valence-corrected chi connectivity index (χ3v) is 13.8. The number of piperidine rings is 2. The van der Waals surface area contributed by atoms with Crippen molar-refractivity contribution in [2.45, 2.75) is 82.2 Å². The molecule has 57 heavy (non-hydrogen) atoms. The Morgan fingerprint density at radius 3 is 2.46 bits per heavy atom. The van der Waals surface area contributed by atoms with Gasteiger partial charge in [-0.25, -0.2) is 23.4 Å². The van der Waals surface area contributed by atoms with Crippen LogP contribution in [0.4, 0.5) is 17.5 Å². The smallest absolute Gasteiger partial charge is 0.256 e. The number of aromatic nitrogens is 7. The summed E-state index contributed by atoms with van der Waals surface area (Å²) >= 11 is 0. The number of fused-ring (bicyclic) bond motifs is 1. The van der Waals surface area contributed by atoms with Gasteiger partial charge in [0, 0.05) is 82.8 Å². The van der Waals surface area contributed by atoms with Gasteiger partial charge in [-0.05, 0) is 63.1 Å². The number of nitrogens with one attached hydrogen (secondary N) is 2. The van der Waals surface area contributed by atoms with Gasteiger partial charge in [-0.1, -0.05) is 24.3 Å². The molecular weight excluding hydrogens is 745 g/mol. The van der Waals surface area contributed by atoms with Gasteiger partial charge in [-0.15, -0.1) is 0 Å². The molecule has 3 aliphatic heterocycles. The summed E-state index contributed by atoms with van der Waals surface area (Å²) in [5.74, 6) is 1.83. The number of benzene rings is 1. The zero-order chi connectivity index (χ0) is 39.3. The van der Waals surface area contributed by atoms with Crippen LogP contribution in [0.1, 0.15) is 75.5 Å². The molecule has 4 fully saturated rings. The molecule has 9 rings (SSSR count). The second-order valence-corrected chi connectivity index (χ2v) is 18.0. The molecule has 7 heterocycles. The summed E-state index contributed by atoms with van der Waals surface area (Å²) in [5.41, 5.74) is 3.71. The van der Waals surface area contributed by atoms with E-state index in [2.05, 4.69) is 65.0 Å². The Bertz CT molecular complexity index is 2410. The fourth-order valence-corrected chi connectivity index (χ4v) is 9.94. The van der Waals surface area contributed by atoms with Crippen molar-refractivity contribution in [3.8, 4) is 11.4 Å². The molecule has 16 nitrogen and oxygen atoms in total. The van der Waals surface area contributed by atoms with E-state index in [4.69, 9.17) is 10.1 Å². The molecule has 1 saturated carbocycles. The van der Waals surface area contributed by atoms with Crippen molar-refractivity contribution in [3.05, 3.63) is 72.3 Å². The first kappa shape index (κ1) is 37.3. The topological polar surface area (TPSA) is 176 Å². The van der Waals surface area contributed by atoms with Crippen LogP contribution in [0, 0.1) is 0 Å². The van der Waals surface area contributed by atoms with Gasteiger partial charge in [-0.3, -0.25) is 29.4 Å². The van der Waals surface area contributed by atoms with Crippen LogP contribution in [0.5, 0.6) is 0 Å². The number of hydrogen-bond acceptors (Lipinski definition) is 13. The molecule has 1 aromatic carbocycles. The summed E-state index contributed by atoms with van der Waals surface area (Å²) in [6.07, 6.45) is 10.9. The van der Waals surface area contributed by atoms with Crippen molar-refractivity contribution >= 4 is 50.2 Å². The van der Waals surface area contributed by atoms with Crippen LogP contribution in [0.25, 0.3) is 22.3 Å². The lowest BCUT2D eigenvalue weighted by Gasteiger charge is -2.43. The van der Waals surface area contributed by atoms with E-state index in [1.54, 1.807) is 12.3 Å². The van der Waals surface area contributed by atoms with Crippen LogP contribution in [-0.4, -0.2) is 115 Å². The number of piperazine rings is 1. The minimum absolute atomic E-state index is 0.135. The lowest BCUT2D eigenvalue weighted by Crippen LogP contribution is -2.53. The summed E-state index contributed by atoms with van der Waals surface area (Å²) in [5, 5.41) is 15.7. The van der Waals surface area contributed by atoms with Gasteiger partial charge >= 0.3 is 0 Å². The first-order valence-corrected chi connectivity index (χ1v) is 21.5. The first-order valence-electron chi connectivity index (χ1n) is 20.0. The van der Waals surface area contributed by atoms with Gasteiger partial charge in [-0.2, -0.15) is 14.3 Å². The second kappa shape index (κ2) is 15.2. The van der Waals surface area contributed by atoms with Crippen molar-refractivity contribution in [1.29, 1.82) is 0 Å². The third-order valence-electron chi connectivity index (χ3n) is 11.7. The molecule has 0 bridgehead atoms. The van der Waals surface area contributed by atoms with Crippen molar-refractivity contribution in [3.63, 3.8) is 0 Å². The monoisotopic (exact) mass is 792 g/mol. The van der Waals surface area contributed by atoms with Crippen LogP contribution in [0.2, 0.25) is 0 Å². The molecule has 4 aliphatic rings. The SMILES string of the molecule is CC(C)n1nc(N2CCC(N3CCN(Cc4ccccc4C4CCC(=O)NC4=O)CC3)CC2)c2cnc(Nc3ccnc(-c4cnn(S(=O)(=O)C5CC5)c4)n3)cc21. The van der Waals surface area contributed by atoms with Gasteiger partial charge in [0.2, 0.25) is 11.8 Å². The Balaban J connectivity index is 0.825. The molecule has 17 heteroatoms. The Kier molecular flexibility index (Phi) is 9.98. The zero-order valence-electron chi connectivity index (χ0n) is 32.3. The minimum atomic E-state index is -3.48. The summed E-state index contributed by atoms with van der Waals surface area (Å²) in [7, 11) is -3.48. The quantitative estimate of drug-likeness (QED) is 0.184. The van der Waals surface area contributed by atoms with Crippen molar-refractivity contribution in [2.75, 3.05) is 49.5 Å². The third kappa shape index (κ3) is 7.62. The highest BCUT2D eigenvalue weighted by Crippen LogP contribution is 2.34. The molecule has 298 valence electrons. The summed E-state index contributed by atoms with van der Waals surface area (Å²) in [6.45, 7) is 10.9. The highest BCUT2D eigenvalue weighted by molar-refractivity contribution is 7.90. The number of anilines is 3. The molecule has 2 amide bonds. The highest BCUT2D eigenvalue weighted by Gasteiger charge is 2.38. The number of carbonyl (C=O) groups excluding carboxylic acids is 2. The molecule has 0 spiro atoms. The average molecular weight is 793 g/mol. The van der Waals surface area contributed by atoms with Gasteiger partial charge in [0.05, 0.1) is 40.0 Å². The highest BCUT2D eigenvalue weighted by atomic mass is 32.2. The molecule has 1 unspecified atom stereocenters. The Morgan fingerprint density at radius 1 is 0.912 bits per heavy atom. The number of rotatable bonds is 11. The van der Waals surface area contributed by atoms with Crippen molar-refractivity contribution in [2.24, 2.45) is 0 Å². The summed E-state index contributed by atoms with van der Waals surface area (Å²) in [4.78, 5) is 45.7. The van der Waals surface area contributed by atoms with Gasteiger partial charge in [0.25, 0.3) is 10.0 Å². The van der Waals surface area contributed by atoms with E-state index < -0.39 is 10.0 Å². The molecule has 0 radical (unpaired) electrons. The van der Waals surface area contributed by atoms with E-state index >= 15 is 0 Å². The fraction of sp³-hybridized carbons (Fsp3) is 0.475. The first-order chi connectivity index (χ1) is 27.6. The van der Waals surface area contributed by atoms with Crippen molar-refractivity contribution in [1.82, 2.24) is 49.0 Å². The van der Waals surface area contributed by atoms with Gasteiger partial charge in [0.15, 0.2) is 11.6 Å². The number of amides is 2. The Labute approximate surface area is 331 Å². The van der Waals surface area contributed by atoms with Crippen LogP contribution in [0.15, 0.2) is 61.2 Å². The lowest BCUT2D eigenvalue weighted by molar-refractivity contribution is -0.134. The van der Waals surface area contributed by atoms with Crippen LogP contribution in [0.3, 0.4) is 0 Å². The predicted molar refractivity (Wildman–Crippen MR) is 215 cm³/mol. The van der Waals surface area contributed by atoms with Gasteiger partial charge in [0.1, 0.15) is 11.6 Å². The van der Waals surface area contributed by atoms with Crippen molar-refractivity contribution < 1.29 is 18.0 Å². The second-order valence-electron chi connectivity index (χ2n) is 15.9. The van der Waals surface area contributed by atoms with E-state index in [0.29, 0.717) is 54.7 Å². The number of pyridine rings is 1. The number of carbonyl (C=O) groups is 2. The van der Waals surface area contributed by atoms with E-state index in [0.717, 1.165) is 85.0 Å². The summed E-state index contributed by atoms with van der Waals surface area (Å²) in [6, 6.07) is 12.6. The fourth-order valence-electron chi connectivity index (χ4n) is 8.47. The average Bonchev–Trinajstić information content (AvgIpc) is 3.84. The van der Waals surface area contributed by atoms with Crippen LogP contribution >= 0.6 is 0 Å². The number of imide groups is 1. The standard InChI is InChI=1S/C40H48N12O4S/c1-26(2)52-34-21-36(44-35-11-14-41-38(45-35)28-22-43-51(25-28)57(55,56)30-7-8-30)42-23-33(34)39(47-52)50-15-12-29(13-16-50)49-19-17-48(18-20-49)24-27-5-3-4-6-31(27)32-9-10-37(53)46-40(32)54/h3-6,11,14,21-23,25-26,29-30,32H,7-10,12-13,15-20,24H2,1-2H3,(H,46,53,54)(H,41,42,44,45). The van der Waals surface area contributed by atoms with E-state index in [1.807, 2.05) is 30.5 Å². The molecule has 2 N–H and O–H groups in total. The normalized spacial score (nSPS) is 20.4. The van der Waals surface area contributed by atoms with E-state index in [9.17, 15) is 18.0 Å². The van der Waals surface area contributed by atoms with Crippen LogP contribution < -0.4 is 15.5 Å². The number of nitrogens with zero attached hydrogens (tertiary/aromatic N) is 10. The maximum atomic E-state index is 12.6. The largest absolute Gasteiger partial charge is 0.354 e. The van der Waals surface area contributed by atoms with Gasteiger partial charge < -0.3 is 10.2 Å². The number of hydrogen-bond donors (Lipinski definition) is 2. The molecule has 3 saturated heterocycles. The predicted octanol–water partition coefficient (Wildman–Crippen LogP) is 4.06. The Hall–Kier alpha value is -5.26. The summed E-state index contributed by atoms with van der Waals surface area (Å²) < 4.78 is 28.4. The maximum Gasteiger partial charge on any atom is 0.256 e. The van der Waals surface area contributed by atoms with E-state index in [1.165, 1.54) is 18.0 Å². The molecule has 5 aromatic rings. The van der Waals surface area contributed by atoms with E-state index in [-0.39, 0.29) is 29.0 Å². The maximum absolute atomic E-state index is 12.6. The molecular formula is C40H48N12O4S. The molecule has 1 aliphatic carbocycles. The molecule has 1 atom stereocenters. The van der Waals surface area contributed by atoms with Crippen LogP contribution in [-0.2, 0) is 26.2 Å². The zero-order valence-corrected chi connectivity index (χ0v) is 33.1. The lowest BCUT2D eigenvalue weighted by atomic mass is 9.87. The molecule has 4 aromatic heterocycles. The minimum Gasteiger partial charge on any atom is -0.354 e.